The zero-order valence-electron chi connectivity index (χ0n) is 15.0. The highest BCUT2D eigenvalue weighted by Crippen LogP contribution is 2.69. The third-order valence-corrected chi connectivity index (χ3v) is 8.63. The summed E-state index contributed by atoms with van der Waals surface area (Å²) in [5.74, 6) is 7.64. The molecule has 0 heterocycles. The molecular weight excluding hydrogens is 296 g/mol. The molecule has 4 aliphatic carbocycles. The van der Waals surface area contributed by atoms with Gasteiger partial charge in [-0.15, -0.1) is 12.8 Å². The fourth-order valence-corrected chi connectivity index (χ4v) is 7.59. The van der Waals surface area contributed by atoms with Gasteiger partial charge in [-0.25, -0.2) is 0 Å². The first-order chi connectivity index (χ1) is 11.2. The van der Waals surface area contributed by atoms with E-state index in [2.05, 4.69) is 25.7 Å². The number of terminal acetylenes is 2. The highest BCUT2D eigenvalue weighted by Gasteiger charge is 2.64. The lowest BCUT2D eigenvalue weighted by molar-refractivity contribution is -0.0767. The van der Waals surface area contributed by atoms with Crippen LogP contribution in [0, 0.1) is 59.2 Å². The second kappa shape index (κ2) is 4.81. The smallest absolute Gasteiger partial charge is 0.126 e. The van der Waals surface area contributed by atoms with Gasteiger partial charge in [0.15, 0.2) is 0 Å². The summed E-state index contributed by atoms with van der Waals surface area (Å²) in [6, 6.07) is 0. The minimum atomic E-state index is -0.915. The Morgan fingerprint density at radius 1 is 0.875 bits per heavy atom. The van der Waals surface area contributed by atoms with Gasteiger partial charge in [-0.05, 0) is 85.9 Å². The van der Waals surface area contributed by atoms with Crippen molar-refractivity contribution in [3.63, 3.8) is 0 Å². The molecule has 4 aliphatic rings. The predicted molar refractivity (Wildman–Crippen MR) is 94.7 cm³/mol. The van der Waals surface area contributed by atoms with Crippen molar-refractivity contribution in [3.8, 4) is 24.7 Å². The number of aliphatic hydroxyl groups is 2. The molecule has 2 heteroatoms. The lowest BCUT2D eigenvalue weighted by Crippen LogP contribution is -2.49. The Bertz CT molecular complexity index is 641. The summed E-state index contributed by atoms with van der Waals surface area (Å²) in [5, 5.41) is 21.5. The molecule has 4 fully saturated rings. The molecule has 4 rings (SSSR count). The molecule has 8 unspecified atom stereocenters. The van der Waals surface area contributed by atoms with Gasteiger partial charge in [-0.3, -0.25) is 0 Å². The average molecular weight is 326 g/mol. The van der Waals surface area contributed by atoms with Crippen LogP contribution in [-0.2, 0) is 0 Å². The first-order valence-corrected chi connectivity index (χ1v) is 9.57. The van der Waals surface area contributed by atoms with Crippen LogP contribution in [0.5, 0.6) is 0 Å². The van der Waals surface area contributed by atoms with Crippen molar-refractivity contribution < 1.29 is 10.2 Å². The Labute approximate surface area is 146 Å². The Balaban J connectivity index is 1.66. The second-order valence-electron chi connectivity index (χ2n) is 9.96. The van der Waals surface area contributed by atoms with Crippen molar-refractivity contribution in [2.75, 3.05) is 0 Å². The van der Waals surface area contributed by atoms with Crippen molar-refractivity contribution >= 4 is 0 Å². The van der Waals surface area contributed by atoms with Crippen LogP contribution < -0.4 is 0 Å². The Morgan fingerprint density at radius 3 is 2.21 bits per heavy atom. The third-order valence-electron chi connectivity index (χ3n) is 8.63. The van der Waals surface area contributed by atoms with E-state index in [-0.39, 0.29) is 10.8 Å². The van der Waals surface area contributed by atoms with Gasteiger partial charge in [0.1, 0.15) is 11.2 Å². The summed E-state index contributed by atoms with van der Waals surface area (Å²) in [5.41, 5.74) is -1.51. The van der Waals surface area contributed by atoms with E-state index in [0.717, 1.165) is 38.5 Å². The highest BCUT2D eigenvalue weighted by atomic mass is 16.3. The lowest BCUT2D eigenvalue weighted by atomic mass is 9.48. The summed E-state index contributed by atoms with van der Waals surface area (Å²) in [7, 11) is 0. The van der Waals surface area contributed by atoms with Crippen molar-refractivity contribution in [3.05, 3.63) is 0 Å². The summed E-state index contributed by atoms with van der Waals surface area (Å²) in [6.07, 6.45) is 19.0. The topological polar surface area (TPSA) is 40.5 Å². The predicted octanol–water partition coefficient (Wildman–Crippen LogP) is 3.37. The van der Waals surface area contributed by atoms with Crippen LogP contribution in [0.3, 0.4) is 0 Å². The maximum Gasteiger partial charge on any atom is 0.126 e. The molecular formula is C22H30O2. The SMILES string of the molecule is C#CC1(O)CC2C3CCC4CC(O)(C#C)CC4(C)C3CCC2(C)C1. The van der Waals surface area contributed by atoms with Crippen molar-refractivity contribution in [1.29, 1.82) is 0 Å². The molecule has 0 aromatic carbocycles. The van der Waals surface area contributed by atoms with Crippen LogP contribution in [-0.4, -0.2) is 21.4 Å². The zero-order valence-corrected chi connectivity index (χ0v) is 15.0. The van der Waals surface area contributed by atoms with Gasteiger partial charge >= 0.3 is 0 Å². The number of hydrogen-bond acceptors (Lipinski definition) is 2. The summed E-state index contributed by atoms with van der Waals surface area (Å²) < 4.78 is 0. The fraction of sp³-hybridized carbons (Fsp3) is 0.818. The van der Waals surface area contributed by atoms with Gasteiger partial charge in [0.25, 0.3) is 0 Å². The third kappa shape index (κ3) is 2.06. The van der Waals surface area contributed by atoms with Gasteiger partial charge in [0.05, 0.1) is 0 Å². The molecule has 2 nitrogen and oxygen atoms in total. The van der Waals surface area contributed by atoms with Crippen LogP contribution in [0.15, 0.2) is 0 Å². The minimum absolute atomic E-state index is 0.141. The van der Waals surface area contributed by atoms with Crippen LogP contribution >= 0.6 is 0 Å². The Morgan fingerprint density at radius 2 is 1.54 bits per heavy atom. The van der Waals surface area contributed by atoms with Crippen LogP contribution in [0.4, 0.5) is 0 Å². The quantitative estimate of drug-likeness (QED) is 0.670. The van der Waals surface area contributed by atoms with Gasteiger partial charge < -0.3 is 10.2 Å². The van der Waals surface area contributed by atoms with Crippen molar-refractivity contribution in [2.24, 2.45) is 34.5 Å². The van der Waals surface area contributed by atoms with Gasteiger partial charge in [-0.2, -0.15) is 0 Å². The summed E-state index contributed by atoms with van der Waals surface area (Å²) in [4.78, 5) is 0. The van der Waals surface area contributed by atoms with E-state index in [1.807, 2.05) is 0 Å². The maximum absolute atomic E-state index is 10.8. The van der Waals surface area contributed by atoms with Crippen molar-refractivity contribution in [1.82, 2.24) is 0 Å². The van der Waals surface area contributed by atoms with Gasteiger partial charge in [0, 0.05) is 0 Å². The zero-order chi connectivity index (χ0) is 17.4. The standard InChI is InChI=1S/C22H30O2/c1-5-21(23)11-15-7-8-16-17(20(15,4)14-21)9-10-19(3)13-22(24,6-2)12-18(16)19/h1-2,15-18,23-24H,7-14H2,3-4H3. The fourth-order valence-electron chi connectivity index (χ4n) is 7.59. The maximum atomic E-state index is 10.8. The normalized spacial score (nSPS) is 58.9. The van der Waals surface area contributed by atoms with E-state index in [0.29, 0.717) is 23.7 Å². The minimum Gasteiger partial charge on any atom is -0.378 e. The van der Waals surface area contributed by atoms with E-state index in [1.54, 1.807) is 0 Å². The molecule has 8 atom stereocenters. The largest absolute Gasteiger partial charge is 0.378 e. The van der Waals surface area contributed by atoms with E-state index >= 15 is 0 Å². The molecule has 0 aromatic rings. The molecule has 0 bridgehead atoms. The first kappa shape index (κ1) is 16.5. The molecule has 0 radical (unpaired) electrons. The molecule has 24 heavy (non-hydrogen) atoms. The average Bonchev–Trinajstić information content (AvgIpc) is 2.97. The molecule has 0 amide bonds. The monoisotopic (exact) mass is 326 g/mol. The number of fused-ring (bicyclic) bond motifs is 5. The highest BCUT2D eigenvalue weighted by molar-refractivity contribution is 5.22. The summed E-state index contributed by atoms with van der Waals surface area (Å²) >= 11 is 0. The molecule has 0 aliphatic heterocycles. The molecule has 0 saturated heterocycles. The first-order valence-electron chi connectivity index (χ1n) is 9.57. The number of hydrogen-bond donors (Lipinski definition) is 2. The van der Waals surface area contributed by atoms with Gasteiger partial charge in [0.2, 0.25) is 0 Å². The van der Waals surface area contributed by atoms with E-state index in [9.17, 15) is 10.2 Å². The van der Waals surface area contributed by atoms with Gasteiger partial charge in [-0.1, -0.05) is 25.7 Å². The van der Waals surface area contributed by atoms with Crippen molar-refractivity contribution in [2.45, 2.75) is 76.4 Å². The van der Waals surface area contributed by atoms with E-state index < -0.39 is 11.2 Å². The molecule has 0 spiro atoms. The van der Waals surface area contributed by atoms with Crippen LogP contribution in [0.25, 0.3) is 0 Å². The molecule has 2 N–H and O–H groups in total. The van der Waals surface area contributed by atoms with Crippen LogP contribution in [0.2, 0.25) is 0 Å². The lowest BCUT2D eigenvalue weighted by Gasteiger charge is -2.56. The Hall–Kier alpha value is -0.960. The van der Waals surface area contributed by atoms with E-state index in [4.69, 9.17) is 12.8 Å². The van der Waals surface area contributed by atoms with Crippen LogP contribution in [0.1, 0.15) is 65.2 Å². The number of rotatable bonds is 0. The molecule has 0 aromatic heterocycles. The second-order valence-corrected chi connectivity index (χ2v) is 9.96. The molecule has 130 valence electrons. The summed E-state index contributed by atoms with van der Waals surface area (Å²) in [6.45, 7) is 4.71. The van der Waals surface area contributed by atoms with E-state index in [1.165, 1.54) is 12.8 Å². The molecule has 4 saturated carbocycles. The Kier molecular flexibility index (Phi) is 3.31.